The number of hydrogen-bond donors (Lipinski definition) is 0. The minimum atomic E-state index is 1.07. The van der Waals surface area contributed by atoms with Gasteiger partial charge in [0.25, 0.3) is 0 Å². The van der Waals surface area contributed by atoms with Crippen LogP contribution in [-0.4, -0.2) is 33.7 Å². The summed E-state index contributed by atoms with van der Waals surface area (Å²) in [5.41, 5.74) is 1.07. The Kier molecular flexibility index (Phi) is 5.36. The van der Waals surface area contributed by atoms with Gasteiger partial charge in [0.1, 0.15) is 5.49 Å². The number of rotatable bonds is 3. The van der Waals surface area contributed by atoms with Crippen molar-refractivity contribution in [2.45, 2.75) is 19.6 Å². The van der Waals surface area contributed by atoms with Crippen LogP contribution in [0.15, 0.2) is 0 Å². The molecule has 0 N–H and O–H groups in total. The van der Waals surface area contributed by atoms with Crippen LogP contribution in [0.25, 0.3) is 0 Å². The van der Waals surface area contributed by atoms with E-state index in [1.54, 1.807) is 0 Å². The van der Waals surface area contributed by atoms with Crippen LogP contribution >= 0.6 is 0 Å². The van der Waals surface area contributed by atoms with E-state index in [2.05, 4.69) is 19.6 Å². The van der Waals surface area contributed by atoms with Crippen LogP contribution in [0, 0.1) is 0 Å². The van der Waals surface area contributed by atoms with Gasteiger partial charge in [-0.1, -0.05) is 19.6 Å². The van der Waals surface area contributed by atoms with E-state index in [1.165, 1.54) is 28.2 Å². The Morgan fingerprint density at radius 2 is 1.14 bits per heavy atom. The molecule has 0 atom stereocenters. The fourth-order valence-corrected chi connectivity index (χ4v) is 3.90. The van der Waals surface area contributed by atoms with Crippen molar-refractivity contribution in [2.75, 3.05) is 0 Å². The highest BCUT2D eigenvalue weighted by molar-refractivity contribution is 7.59. The van der Waals surface area contributed by atoms with Crippen molar-refractivity contribution in [1.29, 1.82) is 0 Å². The summed E-state index contributed by atoms with van der Waals surface area (Å²) >= 11 is 0. The molecule has 0 aliphatic carbocycles. The highest BCUT2D eigenvalue weighted by atomic mass is 28.3. The lowest BCUT2D eigenvalue weighted by molar-refractivity contribution is 2.31. The van der Waals surface area contributed by atoms with Crippen LogP contribution in [0.1, 0.15) is 0 Å². The predicted molar refractivity (Wildman–Crippen MR) is 40.6 cm³/mol. The molecule has 0 rings (SSSR count). The van der Waals surface area contributed by atoms with Crippen LogP contribution in [0.5, 0.6) is 0 Å². The Hall–Kier alpha value is 0.716. The van der Waals surface area contributed by atoms with Gasteiger partial charge < -0.3 is 0 Å². The molecule has 6 radical (unpaired) electrons. The van der Waals surface area contributed by atoms with Crippen LogP contribution in [0.2, 0.25) is 19.6 Å². The van der Waals surface area contributed by atoms with Crippen molar-refractivity contribution in [3.63, 3.8) is 0 Å². The van der Waals surface area contributed by atoms with E-state index in [9.17, 15) is 0 Å². The Morgan fingerprint density at radius 1 is 0.857 bits per heavy atom. The summed E-state index contributed by atoms with van der Waals surface area (Å²) < 4.78 is 0. The second-order valence-electron chi connectivity index (χ2n) is 1.30. The number of hydrogen-bond acceptors (Lipinski definition) is 0. The molecule has 0 aromatic rings. The van der Waals surface area contributed by atoms with E-state index >= 15 is 0 Å². The van der Waals surface area contributed by atoms with E-state index in [0.717, 1.165) is 5.49 Å². The molecule has 0 saturated carbocycles. The molecule has 0 spiro atoms. The molecule has 0 unspecified atom stereocenters. The van der Waals surface area contributed by atoms with E-state index < -0.39 is 0 Å². The first kappa shape index (κ1) is 7.72. The van der Waals surface area contributed by atoms with Gasteiger partial charge >= 0.3 is 0 Å². The van der Waals surface area contributed by atoms with Crippen LogP contribution in [0.4, 0.5) is 0 Å². The normalized spacial score (nSPS) is 9.00. The van der Waals surface area contributed by atoms with Crippen molar-refractivity contribution in [1.82, 2.24) is 0 Å². The Morgan fingerprint density at radius 3 is 1.14 bits per heavy atom. The minimum Gasteiger partial charge on any atom is -0.0798 e. The standard InChI is InChI=1S/C3H9BSi3/c1-5-4(6-2)7-3/h1-3H3. The average Bonchev–Trinajstić information content (AvgIpc) is 1.72. The highest BCUT2D eigenvalue weighted by Crippen LogP contribution is 1.72. The fourth-order valence-electron chi connectivity index (χ4n) is 0.433. The van der Waals surface area contributed by atoms with Crippen molar-refractivity contribution < 1.29 is 0 Å². The zero-order chi connectivity index (χ0) is 5.70. The maximum absolute atomic E-state index is 2.30. The molecule has 0 aromatic heterocycles. The predicted octanol–water partition coefficient (Wildman–Crippen LogP) is 0.228. The Labute approximate surface area is 53.8 Å². The SMILES string of the molecule is C[Si]B([Si]C)[Si]C. The Balaban J connectivity index is 2.99. The van der Waals surface area contributed by atoms with E-state index in [4.69, 9.17) is 0 Å². The molecule has 0 nitrogen and oxygen atoms in total. The molecule has 0 bridgehead atoms. The topological polar surface area (TPSA) is 0 Å². The third-order valence-corrected chi connectivity index (χ3v) is 7.79. The molecule has 0 aliphatic heterocycles. The fraction of sp³-hybridized carbons (Fsp3) is 1.00. The smallest absolute Gasteiger partial charge is 0.0798 e. The monoisotopic (exact) mass is 140 g/mol. The van der Waals surface area contributed by atoms with Gasteiger partial charge in [0, 0.05) is 0 Å². The van der Waals surface area contributed by atoms with Gasteiger partial charge in [-0.15, -0.1) is 0 Å². The molecular weight excluding hydrogens is 131 g/mol. The molecule has 0 saturated heterocycles. The molecule has 0 fully saturated rings. The van der Waals surface area contributed by atoms with Crippen LogP contribution < -0.4 is 0 Å². The summed E-state index contributed by atoms with van der Waals surface area (Å²) in [5.74, 6) is 0. The maximum atomic E-state index is 2.30. The zero-order valence-corrected chi connectivity index (χ0v) is 8.08. The third kappa shape index (κ3) is 3.31. The molecule has 7 heavy (non-hydrogen) atoms. The first-order chi connectivity index (χ1) is 3.35. The average molecular weight is 140 g/mol. The van der Waals surface area contributed by atoms with E-state index in [0.29, 0.717) is 0 Å². The maximum Gasteiger partial charge on any atom is 0.106 e. The molecule has 0 amide bonds. The molecular formula is C3H9BSi3. The van der Waals surface area contributed by atoms with Gasteiger partial charge in [-0.05, 0) is 28.2 Å². The van der Waals surface area contributed by atoms with E-state index in [1.807, 2.05) is 0 Å². The first-order valence-electron chi connectivity index (χ1n) is 2.37. The van der Waals surface area contributed by atoms with Crippen LogP contribution in [0.3, 0.4) is 0 Å². The van der Waals surface area contributed by atoms with Gasteiger partial charge in [-0.3, -0.25) is 0 Å². The summed E-state index contributed by atoms with van der Waals surface area (Å²) in [6.45, 7) is 6.91. The van der Waals surface area contributed by atoms with E-state index in [-0.39, 0.29) is 0 Å². The summed E-state index contributed by atoms with van der Waals surface area (Å²) in [4.78, 5) is 0. The molecule has 4 heteroatoms. The zero-order valence-electron chi connectivity index (χ0n) is 5.08. The molecule has 36 valence electrons. The third-order valence-electron chi connectivity index (χ3n) is 0.866. The summed E-state index contributed by atoms with van der Waals surface area (Å²) in [7, 11) is 3.52. The largest absolute Gasteiger partial charge is 0.106 e. The van der Waals surface area contributed by atoms with Crippen molar-refractivity contribution in [3.05, 3.63) is 0 Å². The summed E-state index contributed by atoms with van der Waals surface area (Å²) in [6.07, 6.45) is 0. The quantitative estimate of drug-likeness (QED) is 0.492. The summed E-state index contributed by atoms with van der Waals surface area (Å²) in [5, 5.41) is 0. The van der Waals surface area contributed by atoms with Crippen molar-refractivity contribution in [2.24, 2.45) is 0 Å². The molecule has 0 aromatic carbocycles. The highest BCUT2D eigenvalue weighted by Gasteiger charge is 2.03. The lowest BCUT2D eigenvalue weighted by atomic mass is 10.6. The lowest BCUT2D eigenvalue weighted by Gasteiger charge is -1.98. The second kappa shape index (κ2) is 4.86. The van der Waals surface area contributed by atoms with Gasteiger partial charge in [0.2, 0.25) is 0 Å². The Bertz CT molecular complexity index is 31.7. The van der Waals surface area contributed by atoms with Gasteiger partial charge in [0.15, 0.2) is 0 Å². The van der Waals surface area contributed by atoms with Crippen molar-refractivity contribution in [3.8, 4) is 0 Å². The first-order valence-corrected chi connectivity index (χ1v) is 7.10. The van der Waals surface area contributed by atoms with Crippen molar-refractivity contribution >= 4 is 33.7 Å². The minimum absolute atomic E-state index is 1.07. The van der Waals surface area contributed by atoms with Gasteiger partial charge in [-0.25, -0.2) is 0 Å². The molecule has 0 heterocycles. The summed E-state index contributed by atoms with van der Waals surface area (Å²) in [6, 6.07) is 0. The lowest BCUT2D eigenvalue weighted by Crippen LogP contribution is -2.32. The van der Waals surface area contributed by atoms with Gasteiger partial charge in [-0.2, -0.15) is 0 Å². The van der Waals surface area contributed by atoms with Gasteiger partial charge in [0.05, 0.1) is 0 Å². The molecule has 0 aliphatic rings. The van der Waals surface area contributed by atoms with Crippen LogP contribution in [-0.2, 0) is 0 Å². The second-order valence-corrected chi connectivity index (χ2v) is 6.50.